The minimum atomic E-state index is 0. The first-order chi connectivity index (χ1) is 12.7. The first kappa shape index (κ1) is 21.6. The maximum atomic E-state index is 5.90. The van der Waals surface area contributed by atoms with Gasteiger partial charge in [-0.05, 0) is 66.1 Å². The molecule has 2 nitrogen and oxygen atoms in total. The topological polar surface area (TPSA) is 21.3 Å². The van der Waals surface area contributed by atoms with Gasteiger partial charge in [0.2, 0.25) is 0 Å². The highest BCUT2D eigenvalue weighted by Gasteiger charge is 1.99. The van der Waals surface area contributed by atoms with Crippen LogP contribution in [0.1, 0.15) is 16.7 Å². The van der Waals surface area contributed by atoms with Gasteiger partial charge in [0.05, 0.1) is 0 Å². The molecule has 0 spiro atoms. The lowest BCUT2D eigenvalue weighted by Crippen LogP contribution is -2.16. The van der Waals surface area contributed by atoms with E-state index in [9.17, 15) is 0 Å². The van der Waals surface area contributed by atoms with Gasteiger partial charge in [-0.25, -0.2) is 0 Å². The standard InChI is InChI=1S/C22H21Cl2NO.ClH/c23-20-7-1-17(2-8-20)13-14-25-15-18-5-11-22(12-6-18)26-16-19-3-9-21(24)10-4-19;/h1-12,25H,13-16H2;1H. The van der Waals surface area contributed by atoms with Gasteiger partial charge < -0.3 is 10.1 Å². The number of ether oxygens (including phenoxy) is 1. The van der Waals surface area contributed by atoms with Crippen molar-refractivity contribution >= 4 is 35.6 Å². The lowest BCUT2D eigenvalue weighted by Gasteiger charge is -2.09. The lowest BCUT2D eigenvalue weighted by atomic mass is 10.1. The van der Waals surface area contributed by atoms with Crippen molar-refractivity contribution in [1.29, 1.82) is 0 Å². The molecule has 0 aliphatic carbocycles. The third kappa shape index (κ3) is 7.43. The van der Waals surface area contributed by atoms with E-state index >= 15 is 0 Å². The molecule has 0 bridgehead atoms. The number of benzene rings is 3. The summed E-state index contributed by atoms with van der Waals surface area (Å²) in [7, 11) is 0. The summed E-state index contributed by atoms with van der Waals surface area (Å²) >= 11 is 11.8. The van der Waals surface area contributed by atoms with Gasteiger partial charge in [0.15, 0.2) is 0 Å². The van der Waals surface area contributed by atoms with Crippen molar-refractivity contribution < 1.29 is 4.74 Å². The van der Waals surface area contributed by atoms with E-state index in [4.69, 9.17) is 27.9 Å². The summed E-state index contributed by atoms with van der Waals surface area (Å²) in [6, 6.07) is 23.9. The first-order valence-corrected chi connectivity index (χ1v) is 9.36. The van der Waals surface area contributed by atoms with E-state index in [2.05, 4.69) is 29.6 Å². The van der Waals surface area contributed by atoms with Crippen molar-refractivity contribution in [2.75, 3.05) is 6.54 Å². The fourth-order valence-corrected chi connectivity index (χ4v) is 2.82. The van der Waals surface area contributed by atoms with Crippen LogP contribution in [0, 0.1) is 0 Å². The quantitative estimate of drug-likeness (QED) is 0.428. The molecule has 0 unspecified atom stereocenters. The molecule has 0 radical (unpaired) electrons. The molecule has 3 rings (SSSR count). The van der Waals surface area contributed by atoms with Crippen LogP contribution in [0.3, 0.4) is 0 Å². The summed E-state index contributed by atoms with van der Waals surface area (Å²) in [6.45, 7) is 2.30. The van der Waals surface area contributed by atoms with Crippen LogP contribution >= 0.6 is 35.6 Å². The van der Waals surface area contributed by atoms with Crippen LogP contribution in [0.5, 0.6) is 5.75 Å². The van der Waals surface area contributed by atoms with E-state index in [1.54, 1.807) is 0 Å². The lowest BCUT2D eigenvalue weighted by molar-refractivity contribution is 0.306. The van der Waals surface area contributed by atoms with E-state index in [-0.39, 0.29) is 12.4 Å². The second kappa shape index (κ2) is 11.2. The van der Waals surface area contributed by atoms with Gasteiger partial charge in [-0.1, -0.05) is 59.6 Å². The van der Waals surface area contributed by atoms with Gasteiger partial charge in [-0.15, -0.1) is 12.4 Å². The third-order valence-electron chi connectivity index (χ3n) is 4.07. The first-order valence-electron chi connectivity index (χ1n) is 8.60. The average molecular weight is 423 g/mol. The molecule has 0 fully saturated rings. The minimum absolute atomic E-state index is 0. The Bertz CT molecular complexity index is 802. The summed E-state index contributed by atoms with van der Waals surface area (Å²) in [5.74, 6) is 0.866. The number of halogens is 3. The molecule has 0 atom stereocenters. The molecule has 1 N–H and O–H groups in total. The Labute approximate surface area is 176 Å². The van der Waals surface area contributed by atoms with Gasteiger partial charge >= 0.3 is 0 Å². The zero-order valence-corrected chi connectivity index (χ0v) is 17.2. The molecule has 0 saturated heterocycles. The van der Waals surface area contributed by atoms with Crippen LogP contribution in [0.4, 0.5) is 0 Å². The smallest absolute Gasteiger partial charge is 0.119 e. The highest BCUT2D eigenvalue weighted by atomic mass is 35.5. The Balaban J connectivity index is 0.00000261. The maximum absolute atomic E-state index is 5.90. The van der Waals surface area contributed by atoms with Crippen LogP contribution in [0.25, 0.3) is 0 Å². The largest absolute Gasteiger partial charge is 0.489 e. The molecule has 0 saturated carbocycles. The molecule has 0 aromatic heterocycles. The molecule has 142 valence electrons. The Morgan fingerprint density at radius 3 is 1.78 bits per heavy atom. The van der Waals surface area contributed by atoms with E-state index in [1.165, 1.54) is 11.1 Å². The molecular formula is C22H22Cl3NO. The molecule has 3 aromatic carbocycles. The van der Waals surface area contributed by atoms with E-state index in [1.807, 2.05) is 48.5 Å². The second-order valence-corrected chi connectivity index (χ2v) is 6.99. The van der Waals surface area contributed by atoms with E-state index in [0.29, 0.717) is 6.61 Å². The highest BCUT2D eigenvalue weighted by Crippen LogP contribution is 2.16. The van der Waals surface area contributed by atoms with E-state index in [0.717, 1.165) is 40.9 Å². The summed E-state index contributed by atoms with van der Waals surface area (Å²) in [4.78, 5) is 0. The van der Waals surface area contributed by atoms with Crippen LogP contribution in [0.2, 0.25) is 10.0 Å². The van der Waals surface area contributed by atoms with E-state index < -0.39 is 0 Å². The summed E-state index contributed by atoms with van der Waals surface area (Å²) < 4.78 is 5.81. The zero-order chi connectivity index (χ0) is 18.2. The van der Waals surface area contributed by atoms with Crippen LogP contribution < -0.4 is 10.1 Å². The van der Waals surface area contributed by atoms with Gasteiger partial charge in [0.1, 0.15) is 12.4 Å². The molecule has 0 amide bonds. The van der Waals surface area contributed by atoms with Gasteiger partial charge in [-0.2, -0.15) is 0 Å². The number of hydrogen-bond acceptors (Lipinski definition) is 2. The monoisotopic (exact) mass is 421 g/mol. The molecular weight excluding hydrogens is 401 g/mol. The third-order valence-corrected chi connectivity index (χ3v) is 4.58. The Morgan fingerprint density at radius 1 is 0.667 bits per heavy atom. The van der Waals surface area contributed by atoms with Crippen molar-refractivity contribution in [3.63, 3.8) is 0 Å². The molecule has 5 heteroatoms. The summed E-state index contributed by atoms with van der Waals surface area (Å²) in [5, 5.41) is 4.98. The number of rotatable bonds is 8. The predicted molar refractivity (Wildman–Crippen MR) is 116 cm³/mol. The second-order valence-electron chi connectivity index (χ2n) is 6.11. The molecule has 27 heavy (non-hydrogen) atoms. The summed E-state index contributed by atoms with van der Waals surface area (Å²) in [5.41, 5.74) is 3.62. The average Bonchev–Trinajstić information content (AvgIpc) is 2.67. The zero-order valence-electron chi connectivity index (χ0n) is 14.8. The van der Waals surface area contributed by atoms with Gasteiger partial charge in [0.25, 0.3) is 0 Å². The predicted octanol–water partition coefficient (Wildman–Crippen LogP) is 6.33. The van der Waals surface area contributed by atoms with Gasteiger partial charge in [0, 0.05) is 16.6 Å². The Hall–Kier alpha value is -1.71. The number of hydrogen-bond donors (Lipinski definition) is 1. The van der Waals surface area contributed by atoms with Crippen LogP contribution in [0.15, 0.2) is 72.8 Å². The Morgan fingerprint density at radius 2 is 1.19 bits per heavy atom. The number of nitrogens with one attached hydrogen (secondary N) is 1. The van der Waals surface area contributed by atoms with Crippen molar-refractivity contribution in [2.24, 2.45) is 0 Å². The van der Waals surface area contributed by atoms with Crippen molar-refractivity contribution in [3.05, 3.63) is 99.5 Å². The maximum Gasteiger partial charge on any atom is 0.119 e. The Kier molecular flexibility index (Phi) is 8.96. The highest BCUT2D eigenvalue weighted by molar-refractivity contribution is 6.30. The molecule has 0 heterocycles. The fourth-order valence-electron chi connectivity index (χ4n) is 2.57. The van der Waals surface area contributed by atoms with Crippen molar-refractivity contribution in [3.8, 4) is 5.75 Å². The van der Waals surface area contributed by atoms with Crippen molar-refractivity contribution in [2.45, 2.75) is 19.6 Å². The SMILES string of the molecule is Cl.Clc1ccc(CCNCc2ccc(OCc3ccc(Cl)cc3)cc2)cc1. The van der Waals surface area contributed by atoms with Crippen LogP contribution in [-0.2, 0) is 19.6 Å². The molecule has 0 aliphatic rings. The molecule has 0 aliphatic heterocycles. The van der Waals surface area contributed by atoms with Gasteiger partial charge in [-0.3, -0.25) is 0 Å². The minimum Gasteiger partial charge on any atom is -0.489 e. The molecule has 3 aromatic rings. The summed E-state index contributed by atoms with van der Waals surface area (Å²) in [6.07, 6.45) is 0.986. The van der Waals surface area contributed by atoms with Crippen molar-refractivity contribution in [1.82, 2.24) is 5.32 Å². The van der Waals surface area contributed by atoms with Crippen LogP contribution in [-0.4, -0.2) is 6.54 Å². The fraction of sp³-hybridized carbons (Fsp3) is 0.182. The normalized spacial score (nSPS) is 10.3.